The van der Waals surface area contributed by atoms with Crippen LogP contribution in [0.1, 0.15) is 28.0 Å². The van der Waals surface area contributed by atoms with Crippen molar-refractivity contribution in [1.82, 2.24) is 4.98 Å². The minimum absolute atomic E-state index is 0.259. The van der Waals surface area contributed by atoms with Gasteiger partial charge in [0, 0.05) is 6.20 Å². The number of ether oxygens (including phenoxy) is 1. The molecule has 0 amide bonds. The molecule has 0 aromatic carbocycles. The Morgan fingerprint density at radius 2 is 2.31 bits per heavy atom. The number of alkyl halides is 2. The molecule has 84 valence electrons. The van der Waals surface area contributed by atoms with Crippen LogP contribution in [0.25, 0.3) is 0 Å². The van der Waals surface area contributed by atoms with Crippen LogP contribution in [-0.2, 0) is 0 Å². The number of pyridine rings is 1. The first-order valence-electron chi connectivity index (χ1n) is 3.97. The lowest BCUT2D eigenvalue weighted by molar-refractivity contribution is 0.107. The summed E-state index contributed by atoms with van der Waals surface area (Å²) in [5.74, 6) is -0.427. The van der Waals surface area contributed by atoms with E-state index in [1.807, 2.05) is 0 Å². The van der Waals surface area contributed by atoms with E-state index >= 15 is 0 Å². The summed E-state index contributed by atoms with van der Waals surface area (Å²) < 4.78 is 29.6. The predicted octanol–water partition coefficient (Wildman–Crippen LogP) is 2.28. The number of hydrogen-bond donors (Lipinski definition) is 0. The molecule has 0 aliphatic rings. The van der Waals surface area contributed by atoms with Crippen LogP contribution in [0.15, 0.2) is 6.20 Å². The zero-order valence-electron chi connectivity index (χ0n) is 8.00. The van der Waals surface area contributed by atoms with Crippen LogP contribution in [0.4, 0.5) is 8.78 Å². The predicted molar refractivity (Wildman–Crippen MR) is 50.6 cm³/mol. The van der Waals surface area contributed by atoms with Crippen molar-refractivity contribution in [2.24, 2.45) is 0 Å². The molecule has 0 saturated heterocycles. The van der Waals surface area contributed by atoms with E-state index in [1.54, 1.807) is 6.07 Å². The van der Waals surface area contributed by atoms with Crippen molar-refractivity contribution in [3.63, 3.8) is 0 Å². The fraction of sp³-hybridized carbons (Fsp3) is 0.222. The topological polar surface area (TPSA) is 63.0 Å². The van der Waals surface area contributed by atoms with E-state index < -0.39 is 23.1 Å². The highest BCUT2D eigenvalue weighted by Gasteiger charge is 2.23. The summed E-state index contributed by atoms with van der Waals surface area (Å²) in [6.45, 7) is 0. The van der Waals surface area contributed by atoms with E-state index in [0.717, 1.165) is 13.3 Å². The summed E-state index contributed by atoms with van der Waals surface area (Å²) in [6, 6.07) is 1.59. The first-order chi connectivity index (χ1) is 7.52. The standard InChI is InChI=1S/C9H5ClF2N2O2/c1-16-7-4(2-13)5(8(10)15)3-14-6(7)9(11)12/h3,9H,1H3. The van der Waals surface area contributed by atoms with Gasteiger partial charge in [0.25, 0.3) is 11.7 Å². The zero-order chi connectivity index (χ0) is 12.3. The van der Waals surface area contributed by atoms with Gasteiger partial charge in [0.2, 0.25) is 0 Å². The quantitative estimate of drug-likeness (QED) is 0.768. The maximum atomic E-state index is 12.5. The van der Waals surface area contributed by atoms with Gasteiger partial charge in [-0.3, -0.25) is 9.78 Å². The van der Waals surface area contributed by atoms with Crippen LogP contribution in [0.2, 0.25) is 0 Å². The number of carbonyl (C=O) groups is 1. The molecule has 0 aliphatic carbocycles. The maximum absolute atomic E-state index is 12.5. The smallest absolute Gasteiger partial charge is 0.284 e. The third-order valence-electron chi connectivity index (χ3n) is 1.80. The molecule has 0 saturated carbocycles. The van der Waals surface area contributed by atoms with Crippen molar-refractivity contribution in [3.05, 3.63) is 23.0 Å². The summed E-state index contributed by atoms with van der Waals surface area (Å²) in [5.41, 5.74) is -1.29. The van der Waals surface area contributed by atoms with Crippen LogP contribution >= 0.6 is 11.6 Å². The number of methoxy groups -OCH3 is 1. The molecule has 0 spiro atoms. The molecule has 1 aromatic rings. The lowest BCUT2D eigenvalue weighted by Crippen LogP contribution is -2.04. The number of nitriles is 1. The lowest BCUT2D eigenvalue weighted by Gasteiger charge is -2.09. The van der Waals surface area contributed by atoms with Gasteiger partial charge >= 0.3 is 0 Å². The third-order valence-corrected chi connectivity index (χ3v) is 2.00. The third kappa shape index (κ3) is 2.09. The molecule has 0 aliphatic heterocycles. The molecule has 1 heterocycles. The van der Waals surface area contributed by atoms with Crippen molar-refractivity contribution >= 4 is 16.8 Å². The molecular formula is C9H5ClF2N2O2. The van der Waals surface area contributed by atoms with Crippen LogP contribution in [0, 0.1) is 11.3 Å². The van der Waals surface area contributed by atoms with Crippen molar-refractivity contribution in [3.8, 4) is 11.8 Å². The Hall–Kier alpha value is -1.74. The van der Waals surface area contributed by atoms with Crippen molar-refractivity contribution in [2.75, 3.05) is 7.11 Å². The number of carbonyl (C=O) groups excluding carboxylic acids is 1. The fourth-order valence-electron chi connectivity index (χ4n) is 1.13. The normalized spacial score (nSPS) is 10.0. The summed E-state index contributed by atoms with van der Waals surface area (Å²) in [7, 11) is 1.10. The number of aromatic nitrogens is 1. The van der Waals surface area contributed by atoms with E-state index in [1.165, 1.54) is 0 Å². The van der Waals surface area contributed by atoms with Gasteiger partial charge in [0.05, 0.1) is 12.7 Å². The largest absolute Gasteiger partial charge is 0.493 e. The highest BCUT2D eigenvalue weighted by Crippen LogP contribution is 2.32. The average molecular weight is 247 g/mol. The van der Waals surface area contributed by atoms with Gasteiger partial charge in [-0.15, -0.1) is 0 Å². The lowest BCUT2D eigenvalue weighted by atomic mass is 10.1. The molecule has 0 radical (unpaired) electrons. The van der Waals surface area contributed by atoms with Crippen molar-refractivity contribution in [2.45, 2.75) is 6.43 Å². The van der Waals surface area contributed by atoms with Gasteiger partial charge < -0.3 is 4.74 Å². The Morgan fingerprint density at radius 3 is 2.69 bits per heavy atom. The SMILES string of the molecule is COc1c(C(F)F)ncc(C(=O)Cl)c1C#N. The van der Waals surface area contributed by atoms with Gasteiger partial charge in [0.15, 0.2) is 5.75 Å². The molecule has 0 N–H and O–H groups in total. The van der Waals surface area contributed by atoms with Crippen LogP contribution in [0.3, 0.4) is 0 Å². The second kappa shape index (κ2) is 4.86. The molecular weight excluding hydrogens is 242 g/mol. The number of nitrogens with zero attached hydrogens (tertiary/aromatic N) is 2. The maximum Gasteiger partial charge on any atom is 0.284 e. The molecule has 1 rings (SSSR count). The Labute approximate surface area is 94.4 Å². The van der Waals surface area contributed by atoms with Crippen LogP contribution < -0.4 is 4.74 Å². The molecule has 1 aromatic heterocycles. The molecule has 0 fully saturated rings. The first kappa shape index (κ1) is 12.3. The van der Waals surface area contributed by atoms with Gasteiger partial charge in [-0.1, -0.05) is 0 Å². The van der Waals surface area contributed by atoms with E-state index in [9.17, 15) is 13.6 Å². The summed E-state index contributed by atoms with van der Waals surface area (Å²) in [6.07, 6.45) is -2.07. The highest BCUT2D eigenvalue weighted by atomic mass is 35.5. The minimum Gasteiger partial charge on any atom is -0.493 e. The Morgan fingerprint density at radius 1 is 1.69 bits per heavy atom. The van der Waals surface area contributed by atoms with Gasteiger partial charge in [-0.2, -0.15) is 5.26 Å². The monoisotopic (exact) mass is 246 g/mol. The summed E-state index contributed by atoms with van der Waals surface area (Å²) in [5, 5.41) is 7.82. The molecule has 0 atom stereocenters. The van der Waals surface area contributed by atoms with Crippen molar-refractivity contribution in [1.29, 1.82) is 5.26 Å². The van der Waals surface area contributed by atoms with Crippen LogP contribution in [0.5, 0.6) is 5.75 Å². The van der Waals surface area contributed by atoms with Crippen LogP contribution in [-0.4, -0.2) is 17.3 Å². The molecule has 0 bridgehead atoms. The molecule has 16 heavy (non-hydrogen) atoms. The van der Waals surface area contributed by atoms with Gasteiger partial charge in [-0.25, -0.2) is 8.78 Å². The first-order valence-corrected chi connectivity index (χ1v) is 4.35. The van der Waals surface area contributed by atoms with E-state index in [-0.39, 0.29) is 11.1 Å². The van der Waals surface area contributed by atoms with Gasteiger partial charge in [-0.05, 0) is 11.6 Å². The Balaban J connectivity index is 3.54. The zero-order valence-corrected chi connectivity index (χ0v) is 8.76. The molecule has 7 heteroatoms. The Bertz CT molecular complexity index is 471. The fourth-order valence-corrected chi connectivity index (χ4v) is 1.27. The minimum atomic E-state index is -2.90. The number of halogens is 3. The highest BCUT2D eigenvalue weighted by molar-refractivity contribution is 6.68. The van der Waals surface area contributed by atoms with E-state index in [4.69, 9.17) is 16.9 Å². The Kier molecular flexibility index (Phi) is 3.74. The van der Waals surface area contributed by atoms with Gasteiger partial charge in [0.1, 0.15) is 17.3 Å². The molecule has 0 unspecified atom stereocenters. The van der Waals surface area contributed by atoms with E-state index in [0.29, 0.717) is 0 Å². The second-order valence-corrected chi connectivity index (χ2v) is 2.99. The molecule has 4 nitrogen and oxygen atoms in total. The van der Waals surface area contributed by atoms with E-state index in [2.05, 4.69) is 9.72 Å². The number of hydrogen-bond acceptors (Lipinski definition) is 4. The average Bonchev–Trinajstić information content (AvgIpc) is 2.26. The summed E-state index contributed by atoms with van der Waals surface area (Å²) >= 11 is 5.17. The van der Waals surface area contributed by atoms with Crippen molar-refractivity contribution < 1.29 is 18.3 Å². The number of rotatable bonds is 3. The summed E-state index contributed by atoms with van der Waals surface area (Å²) in [4.78, 5) is 14.3. The second-order valence-electron chi connectivity index (χ2n) is 2.65.